The molecule has 1 N–H and O–H groups in total. The van der Waals surface area contributed by atoms with Crippen molar-refractivity contribution in [3.8, 4) is 0 Å². The zero-order valence-electron chi connectivity index (χ0n) is 16.7. The Morgan fingerprint density at radius 2 is 1.64 bits per heavy atom. The lowest BCUT2D eigenvalue weighted by Gasteiger charge is -2.23. The van der Waals surface area contributed by atoms with E-state index in [1.165, 1.54) is 29.2 Å². The summed E-state index contributed by atoms with van der Waals surface area (Å²) in [6, 6.07) is 21.8. The highest BCUT2D eigenvalue weighted by atomic mass is 16.1. The topological polar surface area (TPSA) is 32.3 Å². The van der Waals surface area contributed by atoms with Crippen LogP contribution in [0.25, 0.3) is 10.8 Å². The first-order chi connectivity index (χ1) is 13.6. The Morgan fingerprint density at radius 1 is 0.964 bits per heavy atom. The van der Waals surface area contributed by atoms with Crippen LogP contribution in [0.3, 0.4) is 0 Å². The van der Waals surface area contributed by atoms with Gasteiger partial charge in [-0.1, -0.05) is 60.7 Å². The summed E-state index contributed by atoms with van der Waals surface area (Å²) < 4.78 is 0. The molecule has 4 rings (SSSR count). The minimum Gasteiger partial charge on any atom is -0.326 e. The number of amides is 1. The summed E-state index contributed by atoms with van der Waals surface area (Å²) in [5, 5.41) is 5.72. The molecule has 0 spiro atoms. The van der Waals surface area contributed by atoms with Crippen molar-refractivity contribution in [2.24, 2.45) is 0 Å². The maximum Gasteiger partial charge on any atom is 0.225 e. The standard InChI is InChI=1S/C25H28N2O/c1-18-7-5-8-19(2)25(18)26-24(28)15-16-27(22-13-14-22)17-21-11-6-10-20-9-3-4-12-23(20)21/h3-12,22H,13-17H2,1-2H3,(H,26,28). The zero-order valence-corrected chi connectivity index (χ0v) is 16.7. The summed E-state index contributed by atoms with van der Waals surface area (Å²) >= 11 is 0. The van der Waals surface area contributed by atoms with E-state index in [4.69, 9.17) is 0 Å². The van der Waals surface area contributed by atoms with Crippen molar-refractivity contribution >= 4 is 22.4 Å². The first-order valence-corrected chi connectivity index (χ1v) is 10.2. The molecule has 1 aliphatic carbocycles. The van der Waals surface area contributed by atoms with Crippen molar-refractivity contribution in [2.75, 3.05) is 11.9 Å². The molecule has 0 aliphatic heterocycles. The predicted octanol–water partition coefficient (Wildman–Crippen LogP) is 5.45. The summed E-state index contributed by atoms with van der Waals surface area (Å²) in [4.78, 5) is 15.1. The maximum atomic E-state index is 12.6. The van der Waals surface area contributed by atoms with Gasteiger partial charge < -0.3 is 5.32 Å². The number of carbonyl (C=O) groups is 1. The molecule has 0 bridgehead atoms. The Kier molecular flexibility index (Phi) is 5.45. The SMILES string of the molecule is Cc1cccc(C)c1NC(=O)CCN(Cc1cccc2ccccc12)C1CC1. The van der Waals surface area contributed by atoms with Crippen molar-refractivity contribution in [1.82, 2.24) is 4.90 Å². The molecule has 0 radical (unpaired) electrons. The van der Waals surface area contributed by atoms with Gasteiger partial charge in [0.05, 0.1) is 0 Å². The summed E-state index contributed by atoms with van der Waals surface area (Å²) in [7, 11) is 0. The van der Waals surface area contributed by atoms with Gasteiger partial charge in [-0.2, -0.15) is 0 Å². The highest BCUT2D eigenvalue weighted by molar-refractivity contribution is 5.92. The van der Waals surface area contributed by atoms with Gasteiger partial charge in [0, 0.05) is 31.2 Å². The fourth-order valence-corrected chi connectivity index (χ4v) is 3.94. The normalized spacial score (nSPS) is 13.8. The minimum atomic E-state index is 0.0981. The second-order valence-corrected chi connectivity index (χ2v) is 7.90. The van der Waals surface area contributed by atoms with Gasteiger partial charge in [-0.25, -0.2) is 0 Å². The average Bonchev–Trinajstić information content (AvgIpc) is 3.53. The van der Waals surface area contributed by atoms with E-state index in [-0.39, 0.29) is 5.91 Å². The number of nitrogens with one attached hydrogen (secondary N) is 1. The van der Waals surface area contributed by atoms with Crippen LogP contribution in [0.15, 0.2) is 60.7 Å². The Bertz CT molecular complexity index is 965. The molecule has 1 fully saturated rings. The Balaban J connectivity index is 1.42. The van der Waals surface area contributed by atoms with Crippen molar-refractivity contribution in [3.05, 3.63) is 77.4 Å². The lowest BCUT2D eigenvalue weighted by atomic mass is 10.0. The molecule has 3 aromatic rings. The number of carbonyl (C=O) groups excluding carboxylic acids is 1. The van der Waals surface area contributed by atoms with Crippen LogP contribution in [0.1, 0.15) is 36.0 Å². The van der Waals surface area contributed by atoms with Gasteiger partial charge in [0.2, 0.25) is 5.91 Å². The van der Waals surface area contributed by atoms with E-state index < -0.39 is 0 Å². The average molecular weight is 373 g/mol. The number of hydrogen-bond acceptors (Lipinski definition) is 2. The van der Waals surface area contributed by atoms with Crippen LogP contribution in [0, 0.1) is 13.8 Å². The number of rotatable bonds is 7. The summed E-state index contributed by atoms with van der Waals surface area (Å²) in [6.07, 6.45) is 3.00. The van der Waals surface area contributed by atoms with Gasteiger partial charge in [-0.3, -0.25) is 9.69 Å². The van der Waals surface area contributed by atoms with Crippen molar-refractivity contribution < 1.29 is 4.79 Å². The van der Waals surface area contributed by atoms with Crippen LogP contribution in [-0.4, -0.2) is 23.4 Å². The highest BCUT2D eigenvalue weighted by Gasteiger charge is 2.29. The maximum absolute atomic E-state index is 12.6. The Labute approximate surface area is 167 Å². The quantitative estimate of drug-likeness (QED) is 0.598. The van der Waals surface area contributed by atoms with Gasteiger partial charge in [0.1, 0.15) is 0 Å². The molecular formula is C25H28N2O. The molecule has 0 heterocycles. The molecule has 3 aromatic carbocycles. The fraction of sp³-hybridized carbons (Fsp3) is 0.320. The molecule has 3 nitrogen and oxygen atoms in total. The lowest BCUT2D eigenvalue weighted by molar-refractivity contribution is -0.116. The molecule has 144 valence electrons. The van der Waals surface area contributed by atoms with E-state index >= 15 is 0 Å². The largest absolute Gasteiger partial charge is 0.326 e. The molecule has 1 aliphatic rings. The summed E-state index contributed by atoms with van der Waals surface area (Å²) in [5.74, 6) is 0.0981. The van der Waals surface area contributed by atoms with Crippen LogP contribution < -0.4 is 5.32 Å². The number of aryl methyl sites for hydroxylation is 2. The second-order valence-electron chi connectivity index (χ2n) is 7.90. The summed E-state index contributed by atoms with van der Waals surface area (Å²) in [5.41, 5.74) is 4.53. The van der Waals surface area contributed by atoms with Crippen LogP contribution >= 0.6 is 0 Å². The van der Waals surface area contributed by atoms with Crippen LogP contribution in [0.2, 0.25) is 0 Å². The first kappa shape index (κ1) is 18.7. The molecule has 3 heteroatoms. The molecule has 0 aromatic heterocycles. The van der Waals surface area contributed by atoms with Gasteiger partial charge in [0.25, 0.3) is 0 Å². The van der Waals surface area contributed by atoms with Crippen LogP contribution in [-0.2, 0) is 11.3 Å². The third kappa shape index (κ3) is 4.26. The van der Waals surface area contributed by atoms with Crippen molar-refractivity contribution in [1.29, 1.82) is 0 Å². The van der Waals surface area contributed by atoms with E-state index in [1.54, 1.807) is 0 Å². The van der Waals surface area contributed by atoms with E-state index in [0.717, 1.165) is 29.9 Å². The molecule has 1 saturated carbocycles. The van der Waals surface area contributed by atoms with Gasteiger partial charge in [-0.15, -0.1) is 0 Å². The van der Waals surface area contributed by atoms with E-state index in [1.807, 2.05) is 32.0 Å². The zero-order chi connectivity index (χ0) is 19.5. The predicted molar refractivity (Wildman–Crippen MR) is 117 cm³/mol. The summed E-state index contributed by atoms with van der Waals surface area (Å²) in [6.45, 7) is 5.78. The number of benzene rings is 3. The smallest absolute Gasteiger partial charge is 0.225 e. The third-order valence-corrected chi connectivity index (χ3v) is 5.69. The Morgan fingerprint density at radius 3 is 2.39 bits per heavy atom. The fourth-order valence-electron chi connectivity index (χ4n) is 3.94. The van der Waals surface area contributed by atoms with Gasteiger partial charge in [-0.05, 0) is 54.2 Å². The first-order valence-electron chi connectivity index (χ1n) is 10.2. The molecule has 1 amide bonds. The van der Waals surface area contributed by atoms with Gasteiger partial charge >= 0.3 is 0 Å². The molecule has 0 unspecified atom stereocenters. The minimum absolute atomic E-state index is 0.0981. The van der Waals surface area contributed by atoms with Crippen LogP contribution in [0.4, 0.5) is 5.69 Å². The van der Waals surface area contributed by atoms with Gasteiger partial charge in [0.15, 0.2) is 0 Å². The third-order valence-electron chi connectivity index (χ3n) is 5.69. The highest BCUT2D eigenvalue weighted by Crippen LogP contribution is 2.30. The number of fused-ring (bicyclic) bond motifs is 1. The molecule has 28 heavy (non-hydrogen) atoms. The number of nitrogens with zero attached hydrogens (tertiary/aromatic N) is 1. The molecule has 0 saturated heterocycles. The Hall–Kier alpha value is -2.65. The number of anilines is 1. The number of hydrogen-bond donors (Lipinski definition) is 1. The molecule has 0 atom stereocenters. The number of para-hydroxylation sites is 1. The lowest BCUT2D eigenvalue weighted by Crippen LogP contribution is -2.29. The monoisotopic (exact) mass is 372 g/mol. The molecular weight excluding hydrogens is 344 g/mol. The van der Waals surface area contributed by atoms with Crippen molar-refractivity contribution in [2.45, 2.75) is 45.7 Å². The van der Waals surface area contributed by atoms with E-state index in [0.29, 0.717) is 12.5 Å². The van der Waals surface area contributed by atoms with Crippen molar-refractivity contribution in [3.63, 3.8) is 0 Å². The van der Waals surface area contributed by atoms with E-state index in [2.05, 4.69) is 52.7 Å². The van der Waals surface area contributed by atoms with E-state index in [9.17, 15) is 4.79 Å². The van der Waals surface area contributed by atoms with Crippen LogP contribution in [0.5, 0.6) is 0 Å². The second kappa shape index (κ2) is 8.15.